The van der Waals surface area contributed by atoms with Crippen LogP contribution in [0.25, 0.3) is 11.5 Å². The van der Waals surface area contributed by atoms with Gasteiger partial charge in [0.15, 0.2) is 11.6 Å². The molecule has 130 valence electrons. The number of rotatable bonds is 6. The molecule has 0 radical (unpaired) electrons. The van der Waals surface area contributed by atoms with E-state index in [1.165, 1.54) is 11.8 Å². The van der Waals surface area contributed by atoms with Gasteiger partial charge in [0.2, 0.25) is 11.0 Å². The Labute approximate surface area is 158 Å². The highest BCUT2D eigenvalue weighted by Crippen LogP contribution is 2.21. The van der Waals surface area contributed by atoms with Crippen molar-refractivity contribution in [1.29, 1.82) is 0 Å². The first-order valence-corrected chi connectivity index (χ1v) is 9.15. The lowest BCUT2D eigenvalue weighted by atomic mass is 10.1. The molecule has 0 fully saturated rings. The third kappa shape index (κ3) is 4.09. The van der Waals surface area contributed by atoms with Gasteiger partial charge in [0, 0.05) is 17.6 Å². The van der Waals surface area contributed by atoms with Gasteiger partial charge in [-0.2, -0.15) is 9.97 Å². The van der Waals surface area contributed by atoms with Gasteiger partial charge in [-0.05, 0) is 29.8 Å². The number of pyridine rings is 1. The van der Waals surface area contributed by atoms with E-state index in [-0.39, 0.29) is 0 Å². The van der Waals surface area contributed by atoms with Crippen LogP contribution < -0.4 is 0 Å². The standard InChI is InChI=1S/C17H13ClN6OS/c18-12-5-3-4-11(8-12)9-14-20-15(25-24-14)10-26-17-21-16(22-23-17)13-6-1-2-7-19-13/h1-8H,9-10H2,(H,21,22,23). The fourth-order valence-corrected chi connectivity index (χ4v) is 3.15. The third-order valence-corrected chi connectivity index (χ3v) is 4.53. The fourth-order valence-electron chi connectivity index (χ4n) is 2.30. The van der Waals surface area contributed by atoms with E-state index in [1.807, 2.05) is 42.5 Å². The summed E-state index contributed by atoms with van der Waals surface area (Å²) in [6.45, 7) is 0. The topological polar surface area (TPSA) is 93.4 Å². The van der Waals surface area contributed by atoms with Gasteiger partial charge in [-0.15, -0.1) is 5.10 Å². The average Bonchev–Trinajstić information content (AvgIpc) is 3.30. The second kappa shape index (κ2) is 7.67. The zero-order valence-electron chi connectivity index (χ0n) is 13.5. The van der Waals surface area contributed by atoms with Crippen molar-refractivity contribution in [3.8, 4) is 11.5 Å². The molecule has 0 bridgehead atoms. The molecule has 0 spiro atoms. The number of H-pyrrole nitrogens is 1. The molecule has 7 nitrogen and oxygen atoms in total. The molecular weight excluding hydrogens is 372 g/mol. The van der Waals surface area contributed by atoms with Gasteiger partial charge in [-0.3, -0.25) is 10.1 Å². The Bertz CT molecular complexity index is 1000. The minimum Gasteiger partial charge on any atom is -0.338 e. The first-order valence-electron chi connectivity index (χ1n) is 7.79. The molecule has 0 amide bonds. The Morgan fingerprint density at radius 3 is 2.92 bits per heavy atom. The Balaban J connectivity index is 1.37. The first-order chi connectivity index (χ1) is 12.8. The van der Waals surface area contributed by atoms with Crippen LogP contribution in [-0.4, -0.2) is 30.3 Å². The lowest BCUT2D eigenvalue weighted by Crippen LogP contribution is -1.91. The zero-order chi connectivity index (χ0) is 17.8. The van der Waals surface area contributed by atoms with Crippen molar-refractivity contribution in [3.63, 3.8) is 0 Å². The van der Waals surface area contributed by atoms with E-state index in [9.17, 15) is 0 Å². The maximum Gasteiger partial charge on any atom is 0.237 e. The predicted octanol–water partition coefficient (Wildman–Crippen LogP) is 3.79. The first kappa shape index (κ1) is 16.7. The highest BCUT2D eigenvalue weighted by molar-refractivity contribution is 7.98. The van der Waals surface area contributed by atoms with E-state index in [0.29, 0.717) is 39.9 Å². The smallest absolute Gasteiger partial charge is 0.237 e. The molecule has 9 heteroatoms. The quantitative estimate of drug-likeness (QED) is 0.505. The van der Waals surface area contributed by atoms with Gasteiger partial charge in [0.05, 0.1) is 5.75 Å². The van der Waals surface area contributed by atoms with Crippen LogP contribution >= 0.6 is 23.4 Å². The molecule has 0 aliphatic rings. The molecule has 0 unspecified atom stereocenters. The molecule has 0 saturated carbocycles. The molecular formula is C17H13ClN6OS. The zero-order valence-corrected chi connectivity index (χ0v) is 15.0. The number of hydrogen-bond acceptors (Lipinski definition) is 7. The number of halogens is 1. The Morgan fingerprint density at radius 1 is 1.12 bits per heavy atom. The Kier molecular flexibility index (Phi) is 4.94. The van der Waals surface area contributed by atoms with Crippen LogP contribution in [-0.2, 0) is 12.2 Å². The van der Waals surface area contributed by atoms with E-state index in [0.717, 1.165) is 11.3 Å². The van der Waals surface area contributed by atoms with Crippen LogP contribution in [0.1, 0.15) is 17.3 Å². The molecule has 4 rings (SSSR count). The number of benzene rings is 1. The number of nitrogens with zero attached hydrogens (tertiary/aromatic N) is 5. The summed E-state index contributed by atoms with van der Waals surface area (Å²) in [5.41, 5.74) is 1.78. The van der Waals surface area contributed by atoms with Gasteiger partial charge >= 0.3 is 0 Å². The monoisotopic (exact) mass is 384 g/mol. The van der Waals surface area contributed by atoms with Crippen LogP contribution in [0.15, 0.2) is 58.3 Å². The lowest BCUT2D eigenvalue weighted by molar-refractivity contribution is 0.385. The van der Waals surface area contributed by atoms with E-state index < -0.39 is 0 Å². The Hall–Kier alpha value is -2.71. The van der Waals surface area contributed by atoms with Crippen molar-refractivity contribution in [1.82, 2.24) is 30.3 Å². The summed E-state index contributed by atoms with van der Waals surface area (Å²) in [5, 5.41) is 12.3. The van der Waals surface area contributed by atoms with Crippen LogP contribution in [0.3, 0.4) is 0 Å². The van der Waals surface area contributed by atoms with Gasteiger partial charge in [0.25, 0.3) is 0 Å². The molecule has 0 atom stereocenters. The second-order valence-corrected chi connectivity index (χ2v) is 6.76. The van der Waals surface area contributed by atoms with E-state index in [1.54, 1.807) is 6.20 Å². The molecule has 3 aromatic heterocycles. The summed E-state index contributed by atoms with van der Waals surface area (Å²) in [6, 6.07) is 13.2. The summed E-state index contributed by atoms with van der Waals surface area (Å²) in [7, 11) is 0. The van der Waals surface area contributed by atoms with Crippen molar-refractivity contribution in [3.05, 3.63) is 71.0 Å². The van der Waals surface area contributed by atoms with Crippen LogP contribution in [0.4, 0.5) is 0 Å². The summed E-state index contributed by atoms with van der Waals surface area (Å²) in [6.07, 6.45) is 2.28. The van der Waals surface area contributed by atoms with Crippen LogP contribution in [0, 0.1) is 0 Å². The van der Waals surface area contributed by atoms with Crippen molar-refractivity contribution in [2.24, 2.45) is 0 Å². The number of aromatic amines is 1. The van der Waals surface area contributed by atoms with Gasteiger partial charge < -0.3 is 4.52 Å². The number of hydrogen-bond donors (Lipinski definition) is 1. The maximum atomic E-state index is 5.99. The normalized spacial score (nSPS) is 11.0. The summed E-state index contributed by atoms with van der Waals surface area (Å²) in [4.78, 5) is 13.0. The van der Waals surface area contributed by atoms with Crippen molar-refractivity contribution in [2.45, 2.75) is 17.3 Å². The van der Waals surface area contributed by atoms with E-state index in [2.05, 4.69) is 30.3 Å². The van der Waals surface area contributed by atoms with E-state index in [4.69, 9.17) is 16.1 Å². The van der Waals surface area contributed by atoms with E-state index >= 15 is 0 Å². The van der Waals surface area contributed by atoms with Crippen LogP contribution in [0.2, 0.25) is 5.02 Å². The largest absolute Gasteiger partial charge is 0.338 e. The minimum absolute atomic E-state index is 0.488. The van der Waals surface area contributed by atoms with Crippen molar-refractivity contribution >= 4 is 23.4 Å². The van der Waals surface area contributed by atoms with Gasteiger partial charge in [-0.1, -0.05) is 46.7 Å². The van der Waals surface area contributed by atoms with Crippen molar-refractivity contribution in [2.75, 3.05) is 0 Å². The minimum atomic E-state index is 0.488. The lowest BCUT2D eigenvalue weighted by Gasteiger charge is -1.96. The number of nitrogens with one attached hydrogen (secondary N) is 1. The highest BCUT2D eigenvalue weighted by atomic mass is 35.5. The maximum absolute atomic E-state index is 5.99. The molecule has 4 aromatic rings. The summed E-state index contributed by atoms with van der Waals surface area (Å²) < 4.78 is 5.29. The van der Waals surface area contributed by atoms with Gasteiger partial charge in [0.1, 0.15) is 5.69 Å². The molecule has 0 aliphatic heterocycles. The van der Waals surface area contributed by atoms with Crippen LogP contribution in [0.5, 0.6) is 0 Å². The number of aromatic nitrogens is 6. The molecule has 26 heavy (non-hydrogen) atoms. The molecule has 0 saturated heterocycles. The Morgan fingerprint density at radius 2 is 2.08 bits per heavy atom. The molecule has 3 heterocycles. The van der Waals surface area contributed by atoms with Crippen molar-refractivity contribution < 1.29 is 4.52 Å². The molecule has 0 aliphatic carbocycles. The average molecular weight is 385 g/mol. The second-order valence-electron chi connectivity index (χ2n) is 5.38. The third-order valence-electron chi connectivity index (χ3n) is 3.46. The summed E-state index contributed by atoms with van der Waals surface area (Å²) >= 11 is 7.40. The predicted molar refractivity (Wildman–Crippen MR) is 97.7 cm³/mol. The molecule has 1 aromatic carbocycles. The van der Waals surface area contributed by atoms with Gasteiger partial charge in [-0.25, -0.2) is 0 Å². The number of thioether (sulfide) groups is 1. The molecule has 1 N–H and O–H groups in total. The summed E-state index contributed by atoms with van der Waals surface area (Å²) in [5.74, 6) is 2.26. The SMILES string of the molecule is Clc1cccc(Cc2noc(CSc3n[nH]c(-c4ccccn4)n3)n2)c1. The highest BCUT2D eigenvalue weighted by Gasteiger charge is 2.11. The fraction of sp³-hybridized carbons (Fsp3) is 0.118.